The highest BCUT2D eigenvalue weighted by molar-refractivity contribution is 5.97. The van der Waals surface area contributed by atoms with Gasteiger partial charge in [0, 0.05) is 19.4 Å². The minimum absolute atomic E-state index is 0.0172. The highest BCUT2D eigenvalue weighted by atomic mass is 16.2. The highest BCUT2D eigenvalue weighted by Crippen LogP contribution is 2.11. The van der Waals surface area contributed by atoms with Crippen molar-refractivity contribution in [1.29, 1.82) is 0 Å². The van der Waals surface area contributed by atoms with Crippen LogP contribution < -0.4 is 31.9 Å². The van der Waals surface area contributed by atoms with Crippen LogP contribution in [-0.2, 0) is 35.2 Å². The quantitative estimate of drug-likeness (QED) is 0.178. The van der Waals surface area contributed by atoms with Gasteiger partial charge in [0.05, 0.1) is 0 Å². The van der Waals surface area contributed by atoms with Crippen LogP contribution in [0, 0.1) is 11.8 Å². The third-order valence-corrected chi connectivity index (χ3v) is 7.99. The van der Waals surface area contributed by atoms with E-state index in [-0.39, 0.29) is 43.6 Å². The van der Waals surface area contributed by atoms with Crippen LogP contribution in [0.4, 0.5) is 0 Å². The van der Waals surface area contributed by atoms with Crippen molar-refractivity contribution in [3.05, 3.63) is 35.9 Å². The zero-order valence-electron chi connectivity index (χ0n) is 28.9. The Morgan fingerprint density at radius 2 is 1.28 bits per heavy atom. The molecule has 12 nitrogen and oxygen atoms in total. The summed E-state index contributed by atoms with van der Waals surface area (Å²) in [6.07, 6.45) is 5.64. The third kappa shape index (κ3) is 14.6. The molecule has 5 atom stereocenters. The first-order chi connectivity index (χ1) is 22.3. The largest absolute Gasteiger partial charge is 0.352 e. The van der Waals surface area contributed by atoms with Gasteiger partial charge in [0.1, 0.15) is 30.2 Å². The number of benzene rings is 1. The van der Waals surface area contributed by atoms with E-state index in [9.17, 15) is 28.8 Å². The second-order valence-electron chi connectivity index (χ2n) is 13.4. The summed E-state index contributed by atoms with van der Waals surface area (Å²) in [5, 5.41) is 16.4. The van der Waals surface area contributed by atoms with Gasteiger partial charge in [-0.05, 0) is 43.6 Å². The Kier molecular flexibility index (Phi) is 17.0. The summed E-state index contributed by atoms with van der Waals surface area (Å²) in [6.45, 7) is 11.0. The van der Waals surface area contributed by atoms with E-state index in [0.29, 0.717) is 12.8 Å². The zero-order valence-corrected chi connectivity index (χ0v) is 28.9. The Hall–Kier alpha value is -3.96. The normalized spacial score (nSPS) is 23.4. The topological polar surface area (TPSA) is 175 Å². The molecule has 6 N–H and O–H groups in total. The monoisotopic (exact) mass is 656 g/mol. The van der Waals surface area contributed by atoms with Crippen LogP contribution in [0.3, 0.4) is 0 Å². The van der Waals surface area contributed by atoms with Gasteiger partial charge in [0.25, 0.3) is 0 Å². The van der Waals surface area contributed by atoms with E-state index < -0.39 is 59.7 Å². The number of nitrogens with one attached hydrogen (secondary N) is 6. The Morgan fingerprint density at radius 3 is 1.89 bits per heavy atom. The molecular formula is C35H56N6O6. The smallest absolute Gasteiger partial charge is 0.245 e. The lowest BCUT2D eigenvalue weighted by Crippen LogP contribution is -2.61. The van der Waals surface area contributed by atoms with Crippen LogP contribution in [-0.4, -0.2) is 72.2 Å². The van der Waals surface area contributed by atoms with E-state index in [1.54, 1.807) is 0 Å². The molecule has 1 aromatic rings. The Labute approximate surface area is 279 Å². The number of unbranched alkanes of at least 4 members (excludes halogenated alkanes) is 4. The predicted molar refractivity (Wildman–Crippen MR) is 181 cm³/mol. The standard InChI is InChI=1S/C35H56N6O6/c1-7-8-9-10-14-17-30(42)38-29-21-36-32(44)26(18-22(2)3)39-31(43)24(6)37-33(45)27(19-23(4)5)40-34(46)28(41-35(29)47)20-25-15-12-11-13-16-25/h11-13,15-16,22-24,26-29H,7-10,14,17-21H2,1-6H3,(H,36,44)(H,37,45)(H,38,42)(H,39,43)(H,40,46)(H,41,47)/t24-,26-,27-,28-,29-/m1/s1. The fraction of sp³-hybridized carbons (Fsp3) is 0.657. The second kappa shape index (κ2) is 20.3. The van der Waals surface area contributed by atoms with Crippen molar-refractivity contribution in [3.8, 4) is 0 Å². The van der Waals surface area contributed by atoms with E-state index in [1.165, 1.54) is 6.92 Å². The van der Waals surface area contributed by atoms with Gasteiger partial charge in [-0.2, -0.15) is 0 Å². The highest BCUT2D eigenvalue weighted by Gasteiger charge is 2.33. The molecule has 0 saturated carbocycles. The number of carbonyl (C=O) groups excluding carboxylic acids is 6. The van der Waals surface area contributed by atoms with Crippen LogP contribution in [0.2, 0.25) is 0 Å². The molecule has 1 aromatic carbocycles. The van der Waals surface area contributed by atoms with Crippen molar-refractivity contribution < 1.29 is 28.8 Å². The van der Waals surface area contributed by atoms with Crippen molar-refractivity contribution >= 4 is 35.4 Å². The van der Waals surface area contributed by atoms with Crippen LogP contribution >= 0.6 is 0 Å². The molecule has 1 aliphatic rings. The van der Waals surface area contributed by atoms with Crippen molar-refractivity contribution in [1.82, 2.24) is 31.9 Å². The molecule has 1 fully saturated rings. The van der Waals surface area contributed by atoms with Gasteiger partial charge in [-0.3, -0.25) is 28.8 Å². The first-order valence-electron chi connectivity index (χ1n) is 17.1. The number of carbonyl (C=O) groups is 6. The molecule has 1 saturated heterocycles. The van der Waals surface area contributed by atoms with Crippen LogP contribution in [0.15, 0.2) is 30.3 Å². The van der Waals surface area contributed by atoms with Gasteiger partial charge >= 0.3 is 0 Å². The van der Waals surface area contributed by atoms with Crippen LogP contribution in [0.25, 0.3) is 0 Å². The number of rotatable bonds is 13. The van der Waals surface area contributed by atoms with E-state index in [1.807, 2.05) is 58.0 Å². The lowest BCUT2D eigenvalue weighted by atomic mass is 10.00. The fourth-order valence-corrected chi connectivity index (χ4v) is 5.38. The molecule has 1 aliphatic heterocycles. The molecule has 0 aliphatic carbocycles. The molecule has 0 aromatic heterocycles. The molecule has 2 rings (SSSR count). The summed E-state index contributed by atoms with van der Waals surface area (Å²) in [4.78, 5) is 80.4. The SMILES string of the molecule is CCCCCCCC(=O)N[C@@H]1CNC(=O)[C@@H](CC(C)C)NC(=O)[C@@H](C)NC(=O)[C@@H](CC(C)C)NC(=O)[C@@H](Cc2ccccc2)NC1=O. The van der Waals surface area contributed by atoms with E-state index >= 15 is 0 Å². The molecule has 47 heavy (non-hydrogen) atoms. The summed E-state index contributed by atoms with van der Waals surface area (Å²) in [5.41, 5.74) is 0.773. The molecular weight excluding hydrogens is 600 g/mol. The predicted octanol–water partition coefficient (Wildman–Crippen LogP) is 2.26. The second-order valence-corrected chi connectivity index (χ2v) is 13.4. The maximum Gasteiger partial charge on any atom is 0.245 e. The summed E-state index contributed by atoms with van der Waals surface area (Å²) in [7, 11) is 0. The maximum absolute atomic E-state index is 13.8. The van der Waals surface area contributed by atoms with Gasteiger partial charge in [-0.1, -0.05) is 90.6 Å². The van der Waals surface area contributed by atoms with Crippen molar-refractivity contribution in [3.63, 3.8) is 0 Å². The molecule has 1 heterocycles. The lowest BCUT2D eigenvalue weighted by molar-refractivity contribution is -0.136. The van der Waals surface area contributed by atoms with Crippen LogP contribution in [0.5, 0.6) is 0 Å². The number of hydrogen-bond donors (Lipinski definition) is 6. The Bertz CT molecular complexity index is 1190. The summed E-state index contributed by atoms with van der Waals surface area (Å²) >= 11 is 0. The third-order valence-electron chi connectivity index (χ3n) is 7.99. The molecule has 0 unspecified atom stereocenters. The van der Waals surface area contributed by atoms with Gasteiger partial charge in [-0.25, -0.2) is 0 Å². The molecule has 0 spiro atoms. The molecule has 0 bridgehead atoms. The lowest BCUT2D eigenvalue weighted by Gasteiger charge is -2.28. The molecule has 0 radical (unpaired) electrons. The van der Waals surface area contributed by atoms with Gasteiger partial charge < -0.3 is 31.9 Å². The minimum Gasteiger partial charge on any atom is -0.352 e. The van der Waals surface area contributed by atoms with Crippen molar-refractivity contribution in [2.24, 2.45) is 11.8 Å². The average molecular weight is 657 g/mol. The Morgan fingerprint density at radius 1 is 0.723 bits per heavy atom. The molecule has 262 valence electrons. The maximum atomic E-state index is 13.8. The van der Waals surface area contributed by atoms with Crippen molar-refractivity contribution in [2.45, 2.75) is 130 Å². The van der Waals surface area contributed by atoms with Crippen LogP contribution in [0.1, 0.15) is 98.5 Å². The van der Waals surface area contributed by atoms with E-state index in [4.69, 9.17) is 0 Å². The summed E-state index contributed by atoms with van der Waals surface area (Å²) in [6, 6.07) is 3.91. The van der Waals surface area contributed by atoms with Crippen molar-refractivity contribution in [2.75, 3.05) is 6.54 Å². The van der Waals surface area contributed by atoms with Gasteiger partial charge in [0.2, 0.25) is 35.4 Å². The number of amides is 6. The summed E-state index contributed by atoms with van der Waals surface area (Å²) in [5.74, 6) is -3.18. The summed E-state index contributed by atoms with van der Waals surface area (Å²) < 4.78 is 0. The van der Waals surface area contributed by atoms with E-state index in [2.05, 4.69) is 38.8 Å². The molecule has 6 amide bonds. The molecule has 12 heteroatoms. The van der Waals surface area contributed by atoms with E-state index in [0.717, 1.165) is 31.2 Å². The average Bonchev–Trinajstić information content (AvgIpc) is 3.01. The minimum atomic E-state index is -1.19. The van der Waals surface area contributed by atoms with Gasteiger partial charge in [0.15, 0.2) is 0 Å². The fourth-order valence-electron chi connectivity index (χ4n) is 5.38. The number of hydrogen-bond acceptors (Lipinski definition) is 6. The van der Waals surface area contributed by atoms with Gasteiger partial charge in [-0.15, -0.1) is 0 Å². The first-order valence-corrected chi connectivity index (χ1v) is 17.1. The zero-order chi connectivity index (χ0) is 34.9. The first kappa shape index (κ1) is 39.2. The Balaban J connectivity index is 2.46.